The van der Waals surface area contributed by atoms with Crippen molar-refractivity contribution in [1.29, 1.82) is 0 Å². The van der Waals surface area contributed by atoms with Gasteiger partial charge in [-0.2, -0.15) is 0 Å². The Hall–Kier alpha value is -2.78. The van der Waals surface area contributed by atoms with Gasteiger partial charge in [0.2, 0.25) is 0 Å². The summed E-state index contributed by atoms with van der Waals surface area (Å²) in [4.78, 5) is 16.5. The number of nitrogens with zero attached hydrogens (tertiary/aromatic N) is 2. The van der Waals surface area contributed by atoms with Crippen LogP contribution < -0.4 is 15.0 Å². The number of amides is 1. The second-order valence-electron chi connectivity index (χ2n) is 8.26. The third-order valence-corrected chi connectivity index (χ3v) is 6.18. The first-order valence-corrected chi connectivity index (χ1v) is 11.1. The third kappa shape index (κ3) is 5.97. The highest BCUT2D eigenvalue weighted by Gasteiger charge is 2.31. The molecule has 9 heteroatoms. The predicted molar refractivity (Wildman–Crippen MR) is 119 cm³/mol. The van der Waals surface area contributed by atoms with E-state index in [1.807, 2.05) is 18.2 Å². The number of rotatable bonds is 6. The van der Waals surface area contributed by atoms with Crippen molar-refractivity contribution >= 4 is 11.6 Å². The Kier molecular flexibility index (Phi) is 7.09. The summed E-state index contributed by atoms with van der Waals surface area (Å²) in [6, 6.07) is 11.9. The van der Waals surface area contributed by atoms with Crippen molar-refractivity contribution in [2.45, 2.75) is 25.3 Å². The number of hydrogen-bond acceptors (Lipinski definition) is 5. The van der Waals surface area contributed by atoms with Crippen molar-refractivity contribution in [2.24, 2.45) is 0 Å². The number of fused-ring (bicyclic) bond motifs is 1. The standard InChI is InChI=1S/C24H28F3N3O3/c1-28-23(31)18-2-7-21-17(16-18)9-15-32-22(21)8-10-29-11-13-30(14-12-29)19-3-5-20(6-4-19)33-24(25,26)27/h2-7,16,22H,8-15H2,1H3,(H,28,31)/t22-/m0/s1. The molecule has 4 rings (SSSR count). The number of hydrogen-bond donors (Lipinski definition) is 1. The number of anilines is 1. The normalized spacial score (nSPS) is 19.2. The third-order valence-electron chi connectivity index (χ3n) is 6.18. The van der Waals surface area contributed by atoms with E-state index in [2.05, 4.69) is 19.9 Å². The van der Waals surface area contributed by atoms with Crippen molar-refractivity contribution in [2.75, 3.05) is 51.3 Å². The Morgan fingerprint density at radius 2 is 1.85 bits per heavy atom. The van der Waals surface area contributed by atoms with E-state index in [1.165, 1.54) is 17.7 Å². The fourth-order valence-corrected chi connectivity index (χ4v) is 4.45. The molecule has 1 amide bonds. The molecule has 2 aliphatic rings. The summed E-state index contributed by atoms with van der Waals surface area (Å²) >= 11 is 0. The zero-order valence-corrected chi connectivity index (χ0v) is 18.5. The van der Waals surface area contributed by atoms with Crippen LogP contribution >= 0.6 is 0 Å². The van der Waals surface area contributed by atoms with Gasteiger partial charge in [0.25, 0.3) is 5.91 Å². The van der Waals surface area contributed by atoms with Crippen molar-refractivity contribution in [1.82, 2.24) is 10.2 Å². The fourth-order valence-electron chi connectivity index (χ4n) is 4.45. The molecule has 0 unspecified atom stereocenters. The lowest BCUT2D eigenvalue weighted by molar-refractivity contribution is -0.274. The Balaban J connectivity index is 1.28. The zero-order valence-electron chi connectivity index (χ0n) is 18.5. The highest BCUT2D eigenvalue weighted by atomic mass is 19.4. The maximum atomic E-state index is 12.3. The highest BCUT2D eigenvalue weighted by molar-refractivity contribution is 5.94. The van der Waals surface area contributed by atoms with Gasteiger partial charge in [-0.3, -0.25) is 9.69 Å². The van der Waals surface area contributed by atoms with Crippen LogP contribution in [-0.2, 0) is 11.2 Å². The van der Waals surface area contributed by atoms with Crippen LogP contribution in [0.4, 0.5) is 18.9 Å². The average Bonchev–Trinajstić information content (AvgIpc) is 2.81. The van der Waals surface area contributed by atoms with Gasteiger partial charge in [-0.15, -0.1) is 13.2 Å². The SMILES string of the molecule is CNC(=O)c1ccc2c(c1)CCO[C@H]2CCN1CCN(c2ccc(OC(F)(F)F)cc2)CC1. The predicted octanol–water partition coefficient (Wildman–Crippen LogP) is 3.77. The van der Waals surface area contributed by atoms with E-state index in [9.17, 15) is 18.0 Å². The van der Waals surface area contributed by atoms with E-state index in [4.69, 9.17) is 4.74 Å². The van der Waals surface area contributed by atoms with Crippen LogP contribution in [0, 0.1) is 0 Å². The highest BCUT2D eigenvalue weighted by Crippen LogP contribution is 2.31. The molecule has 0 spiro atoms. The number of halogens is 3. The Bertz CT molecular complexity index is 958. The molecule has 0 radical (unpaired) electrons. The first-order valence-electron chi connectivity index (χ1n) is 11.1. The molecule has 1 atom stereocenters. The number of ether oxygens (including phenoxy) is 2. The Morgan fingerprint density at radius 1 is 1.12 bits per heavy atom. The lowest BCUT2D eigenvalue weighted by Gasteiger charge is -2.37. The molecule has 1 saturated heterocycles. The van der Waals surface area contributed by atoms with E-state index in [1.54, 1.807) is 19.2 Å². The van der Waals surface area contributed by atoms with Crippen LogP contribution in [0.2, 0.25) is 0 Å². The van der Waals surface area contributed by atoms with Gasteiger partial charge >= 0.3 is 6.36 Å². The summed E-state index contributed by atoms with van der Waals surface area (Å²) in [5, 5.41) is 2.66. The summed E-state index contributed by atoms with van der Waals surface area (Å²) in [6.07, 6.45) is -2.98. The van der Waals surface area contributed by atoms with Gasteiger partial charge < -0.3 is 19.7 Å². The van der Waals surface area contributed by atoms with Crippen LogP contribution in [0.3, 0.4) is 0 Å². The van der Waals surface area contributed by atoms with Crippen LogP contribution in [-0.4, -0.2) is 63.5 Å². The van der Waals surface area contributed by atoms with Crippen molar-refractivity contribution < 1.29 is 27.4 Å². The summed E-state index contributed by atoms with van der Waals surface area (Å²) in [5.74, 6) is -0.290. The van der Waals surface area contributed by atoms with Gasteiger partial charge in [-0.05, 0) is 60.4 Å². The summed E-state index contributed by atoms with van der Waals surface area (Å²) < 4.78 is 47.0. The molecule has 0 aromatic heterocycles. The number of carbonyl (C=O) groups excluding carboxylic acids is 1. The van der Waals surface area contributed by atoms with Crippen LogP contribution in [0.15, 0.2) is 42.5 Å². The average molecular weight is 464 g/mol. The minimum absolute atomic E-state index is 0.0201. The molecule has 2 aromatic carbocycles. The minimum Gasteiger partial charge on any atom is -0.406 e. The van der Waals surface area contributed by atoms with Crippen LogP contribution in [0.25, 0.3) is 0 Å². The van der Waals surface area contributed by atoms with Crippen LogP contribution in [0.5, 0.6) is 5.75 Å². The van der Waals surface area contributed by atoms with Gasteiger partial charge in [0.05, 0.1) is 12.7 Å². The molecule has 2 aromatic rings. The first kappa shape index (κ1) is 23.4. The molecule has 2 aliphatic heterocycles. The van der Waals surface area contributed by atoms with E-state index in [0.717, 1.165) is 56.8 Å². The smallest absolute Gasteiger partial charge is 0.406 e. The molecule has 0 saturated carbocycles. The zero-order chi connectivity index (χ0) is 23.4. The lowest BCUT2D eigenvalue weighted by atomic mass is 9.93. The minimum atomic E-state index is -4.68. The van der Waals surface area contributed by atoms with Gasteiger partial charge in [0, 0.05) is 51.0 Å². The number of benzene rings is 2. The molecular weight excluding hydrogens is 435 g/mol. The molecule has 33 heavy (non-hydrogen) atoms. The summed E-state index contributed by atoms with van der Waals surface area (Å²) in [7, 11) is 1.63. The Morgan fingerprint density at radius 3 is 2.52 bits per heavy atom. The topological polar surface area (TPSA) is 54.0 Å². The summed E-state index contributed by atoms with van der Waals surface area (Å²) in [6.45, 7) is 4.89. The molecule has 178 valence electrons. The number of nitrogens with one attached hydrogen (secondary N) is 1. The molecule has 1 N–H and O–H groups in total. The maximum absolute atomic E-state index is 12.3. The number of piperazine rings is 1. The number of alkyl halides is 3. The fraction of sp³-hybridized carbons (Fsp3) is 0.458. The lowest BCUT2D eigenvalue weighted by Crippen LogP contribution is -2.46. The van der Waals surface area contributed by atoms with Gasteiger partial charge in [0.1, 0.15) is 5.75 Å². The molecular formula is C24H28F3N3O3. The Labute approximate surface area is 191 Å². The van der Waals surface area contributed by atoms with Gasteiger partial charge in [-0.25, -0.2) is 0 Å². The molecule has 6 nitrogen and oxygen atoms in total. The van der Waals surface area contributed by atoms with Crippen molar-refractivity contribution in [3.8, 4) is 5.75 Å². The largest absolute Gasteiger partial charge is 0.573 e. The van der Waals surface area contributed by atoms with Crippen molar-refractivity contribution in [3.63, 3.8) is 0 Å². The molecule has 0 aliphatic carbocycles. The maximum Gasteiger partial charge on any atom is 0.573 e. The van der Waals surface area contributed by atoms with Gasteiger partial charge in [0.15, 0.2) is 0 Å². The quantitative estimate of drug-likeness (QED) is 0.707. The van der Waals surface area contributed by atoms with Crippen molar-refractivity contribution in [3.05, 3.63) is 59.2 Å². The monoisotopic (exact) mass is 463 g/mol. The first-order chi connectivity index (χ1) is 15.8. The molecule has 1 fully saturated rings. The van der Waals surface area contributed by atoms with Crippen LogP contribution in [0.1, 0.15) is 34.0 Å². The summed E-state index contributed by atoms with van der Waals surface area (Å²) in [5.41, 5.74) is 3.90. The second kappa shape index (κ2) is 10.0. The molecule has 0 bridgehead atoms. The van der Waals surface area contributed by atoms with Gasteiger partial charge in [-0.1, -0.05) is 6.07 Å². The van der Waals surface area contributed by atoms with E-state index >= 15 is 0 Å². The van der Waals surface area contributed by atoms with E-state index in [0.29, 0.717) is 12.2 Å². The van der Waals surface area contributed by atoms with E-state index in [-0.39, 0.29) is 17.8 Å². The second-order valence-corrected chi connectivity index (χ2v) is 8.26. The molecule has 2 heterocycles. The number of carbonyl (C=O) groups is 1. The van der Waals surface area contributed by atoms with E-state index < -0.39 is 6.36 Å².